The second kappa shape index (κ2) is 8.51. The smallest absolute Gasteiger partial charge is 0.421 e. The topological polar surface area (TPSA) is 79.2 Å². The van der Waals surface area contributed by atoms with Crippen LogP contribution in [-0.2, 0) is 15.4 Å². The van der Waals surface area contributed by atoms with Gasteiger partial charge >= 0.3 is 6.18 Å². The molecule has 0 bridgehead atoms. The lowest BCUT2D eigenvalue weighted by Gasteiger charge is -2.40. The van der Waals surface area contributed by atoms with E-state index in [1.807, 2.05) is 14.0 Å². The van der Waals surface area contributed by atoms with Crippen molar-refractivity contribution < 1.29 is 31.4 Å². The predicted molar refractivity (Wildman–Crippen MR) is 106 cm³/mol. The third kappa shape index (κ3) is 4.85. The molecular formula is C19H27F3N2O4S. The fourth-order valence-corrected chi connectivity index (χ4v) is 4.93. The molecule has 1 aliphatic heterocycles. The minimum Gasteiger partial charge on any atom is -0.496 e. The van der Waals surface area contributed by atoms with Crippen LogP contribution in [0.25, 0.3) is 0 Å². The van der Waals surface area contributed by atoms with Crippen molar-refractivity contribution >= 4 is 21.9 Å². The molecular weight excluding hydrogens is 409 g/mol. The van der Waals surface area contributed by atoms with Gasteiger partial charge in [0.1, 0.15) is 15.6 Å². The first-order valence-corrected chi connectivity index (χ1v) is 11.1. The molecule has 0 amide bonds. The Morgan fingerprint density at radius 3 is 2.38 bits per heavy atom. The van der Waals surface area contributed by atoms with Gasteiger partial charge in [-0.15, -0.1) is 0 Å². The Labute approximate surface area is 169 Å². The lowest BCUT2D eigenvalue weighted by molar-refractivity contribution is -0.288. The minimum atomic E-state index is -5.01. The molecule has 10 heteroatoms. The number of methoxy groups -OCH3 is 1. The van der Waals surface area contributed by atoms with E-state index in [-0.39, 0.29) is 30.1 Å². The van der Waals surface area contributed by atoms with Gasteiger partial charge < -0.3 is 14.7 Å². The summed E-state index contributed by atoms with van der Waals surface area (Å²) in [6, 6.07) is 2.59. The first kappa shape index (κ1) is 23.5. The third-order valence-electron chi connectivity index (χ3n) is 5.40. The number of aryl methyl sites for hydroxylation is 1. The van der Waals surface area contributed by atoms with Crippen LogP contribution in [0.2, 0.25) is 0 Å². The van der Waals surface area contributed by atoms with Gasteiger partial charge in [0.25, 0.3) is 0 Å². The van der Waals surface area contributed by atoms with Gasteiger partial charge in [-0.1, -0.05) is 0 Å². The molecule has 0 aromatic heterocycles. The maximum atomic E-state index is 14.1. The van der Waals surface area contributed by atoms with Crippen molar-refractivity contribution in [1.29, 1.82) is 0 Å². The van der Waals surface area contributed by atoms with Crippen LogP contribution in [0.15, 0.2) is 17.1 Å². The monoisotopic (exact) mass is 436 g/mol. The fraction of sp³-hybridized carbons (Fsp3) is 0.632. The summed E-state index contributed by atoms with van der Waals surface area (Å²) in [7, 11) is -0.352. The first-order chi connectivity index (χ1) is 13.4. The van der Waals surface area contributed by atoms with Crippen LogP contribution in [0.4, 0.5) is 18.9 Å². The summed E-state index contributed by atoms with van der Waals surface area (Å²) >= 11 is 0. The Bertz CT molecular complexity index is 857. The van der Waals surface area contributed by atoms with E-state index >= 15 is 0 Å². The molecule has 0 saturated carbocycles. The van der Waals surface area contributed by atoms with Gasteiger partial charge in [-0.2, -0.15) is 13.2 Å². The zero-order valence-corrected chi connectivity index (χ0v) is 17.8. The molecule has 29 heavy (non-hydrogen) atoms. The molecule has 1 fully saturated rings. The highest BCUT2D eigenvalue weighted by Crippen LogP contribution is 2.51. The maximum absolute atomic E-state index is 14.1. The summed E-state index contributed by atoms with van der Waals surface area (Å²) in [6.45, 7) is 4.23. The van der Waals surface area contributed by atoms with E-state index in [0.29, 0.717) is 17.8 Å². The summed E-state index contributed by atoms with van der Waals surface area (Å²) in [5.74, 6) is -2.21. The van der Waals surface area contributed by atoms with Crippen molar-refractivity contribution in [2.45, 2.75) is 38.5 Å². The normalized spacial score (nSPS) is 19.9. The van der Waals surface area contributed by atoms with Crippen LogP contribution < -0.4 is 4.74 Å². The van der Waals surface area contributed by atoms with Crippen LogP contribution in [0, 0.1) is 12.8 Å². The Morgan fingerprint density at radius 1 is 1.31 bits per heavy atom. The van der Waals surface area contributed by atoms with Crippen molar-refractivity contribution in [2.24, 2.45) is 10.9 Å². The molecule has 2 rings (SSSR count). The highest BCUT2D eigenvalue weighted by molar-refractivity contribution is 7.91. The minimum absolute atomic E-state index is 0.143. The molecule has 1 unspecified atom stereocenters. The molecule has 1 saturated heterocycles. The van der Waals surface area contributed by atoms with Gasteiger partial charge in [0.2, 0.25) is 0 Å². The molecule has 1 aromatic carbocycles. The highest BCUT2D eigenvalue weighted by Gasteiger charge is 2.61. The van der Waals surface area contributed by atoms with Crippen LogP contribution in [-0.4, -0.2) is 63.1 Å². The largest absolute Gasteiger partial charge is 0.496 e. The second-order valence-electron chi connectivity index (χ2n) is 7.35. The van der Waals surface area contributed by atoms with E-state index in [2.05, 4.69) is 4.99 Å². The number of sulfone groups is 1. The average molecular weight is 436 g/mol. The number of hydrogen-bond donors (Lipinski definition) is 1. The predicted octanol–water partition coefficient (Wildman–Crippen LogP) is 3.19. The molecule has 1 atom stereocenters. The summed E-state index contributed by atoms with van der Waals surface area (Å²) in [5, 5.41) is 11.0. The Kier molecular flexibility index (Phi) is 6.89. The van der Waals surface area contributed by atoms with Crippen LogP contribution in [0.3, 0.4) is 0 Å². The zero-order chi connectivity index (χ0) is 22.0. The molecule has 6 nitrogen and oxygen atoms in total. The van der Waals surface area contributed by atoms with E-state index in [9.17, 15) is 26.7 Å². The summed E-state index contributed by atoms with van der Waals surface area (Å²) in [5.41, 5.74) is -2.78. The van der Waals surface area contributed by atoms with Crippen molar-refractivity contribution in [2.75, 3.05) is 32.2 Å². The maximum Gasteiger partial charge on any atom is 0.421 e. The lowest BCUT2D eigenvalue weighted by Crippen LogP contribution is -2.51. The van der Waals surface area contributed by atoms with Crippen molar-refractivity contribution in [1.82, 2.24) is 4.90 Å². The second-order valence-corrected chi connectivity index (χ2v) is 9.65. The molecule has 1 N–H and O–H groups in total. The van der Waals surface area contributed by atoms with E-state index in [1.54, 1.807) is 18.2 Å². The molecule has 0 aliphatic carbocycles. The van der Waals surface area contributed by atoms with E-state index in [1.165, 1.54) is 19.2 Å². The van der Waals surface area contributed by atoms with Crippen molar-refractivity contribution in [3.8, 4) is 5.75 Å². The standard InChI is InChI=1S/C19H27F3N2O4S/c1-5-24(3)12-23-16-11-17(28-4)15(10-13(16)2)18(25,19(20,21)22)14-6-8-29(26,27)9-7-14/h10-12,14,25H,5-9H2,1-4H3/b23-12+. The van der Waals surface area contributed by atoms with Crippen molar-refractivity contribution in [3.63, 3.8) is 0 Å². The number of aliphatic imine (C=N–C) groups is 1. The quantitative estimate of drug-likeness (QED) is 0.547. The number of nitrogens with zero attached hydrogens (tertiary/aromatic N) is 2. The summed E-state index contributed by atoms with van der Waals surface area (Å²) in [4.78, 5) is 6.08. The van der Waals surface area contributed by atoms with Crippen LogP contribution >= 0.6 is 0 Å². The molecule has 1 aromatic rings. The molecule has 1 aliphatic rings. The zero-order valence-electron chi connectivity index (χ0n) is 17.0. The first-order valence-electron chi connectivity index (χ1n) is 9.28. The number of benzene rings is 1. The Morgan fingerprint density at radius 2 is 1.90 bits per heavy atom. The lowest BCUT2D eigenvalue weighted by atomic mass is 9.76. The van der Waals surface area contributed by atoms with E-state index < -0.39 is 33.1 Å². The summed E-state index contributed by atoms with van der Waals surface area (Å²) < 4.78 is 70.9. The molecule has 0 spiro atoms. The van der Waals surface area contributed by atoms with Crippen molar-refractivity contribution in [3.05, 3.63) is 23.3 Å². The highest BCUT2D eigenvalue weighted by atomic mass is 32.2. The number of aliphatic hydroxyl groups is 1. The third-order valence-corrected chi connectivity index (χ3v) is 7.11. The van der Waals surface area contributed by atoms with Gasteiger partial charge in [-0.3, -0.25) is 0 Å². The number of hydrogen-bond acceptors (Lipinski definition) is 5. The number of alkyl halides is 3. The molecule has 0 radical (unpaired) electrons. The summed E-state index contributed by atoms with van der Waals surface area (Å²) in [6.07, 6.45) is -4.00. The number of halogens is 3. The molecule has 1 heterocycles. The van der Waals surface area contributed by atoms with Gasteiger partial charge in [-0.25, -0.2) is 13.4 Å². The number of ether oxygens (including phenoxy) is 1. The molecule has 164 valence electrons. The van der Waals surface area contributed by atoms with Gasteiger partial charge in [0, 0.05) is 31.1 Å². The number of rotatable bonds is 6. The Hall–Kier alpha value is -1.81. The average Bonchev–Trinajstić information content (AvgIpc) is 2.64. The van der Waals surface area contributed by atoms with Gasteiger partial charge in [0.05, 0.1) is 30.6 Å². The fourth-order valence-electron chi connectivity index (χ4n) is 3.44. The van der Waals surface area contributed by atoms with E-state index in [0.717, 1.165) is 0 Å². The Balaban J connectivity index is 2.57. The SMILES string of the molecule is CCN(C)/C=N/c1cc(OC)c(C(O)(C2CCS(=O)(=O)CC2)C(F)(F)F)cc1C. The van der Waals surface area contributed by atoms with Crippen LogP contribution in [0.5, 0.6) is 5.75 Å². The van der Waals surface area contributed by atoms with Crippen LogP contribution in [0.1, 0.15) is 30.9 Å². The van der Waals surface area contributed by atoms with Gasteiger partial charge in [0.15, 0.2) is 5.60 Å². The van der Waals surface area contributed by atoms with Gasteiger partial charge in [-0.05, 0) is 38.3 Å². The van der Waals surface area contributed by atoms with E-state index in [4.69, 9.17) is 4.74 Å².